The first kappa shape index (κ1) is 19.5. The molecule has 1 N–H and O–H groups in total. The maximum absolute atomic E-state index is 12.9. The van der Waals surface area contributed by atoms with Crippen LogP contribution in [-0.4, -0.2) is 46.4 Å². The molecule has 8 heteroatoms. The van der Waals surface area contributed by atoms with Gasteiger partial charge in [0.05, 0.1) is 18.4 Å². The first-order chi connectivity index (χ1) is 14.5. The lowest BCUT2D eigenvalue weighted by atomic mass is 9.93. The SMILES string of the molecule is COc1cccc(-c2nc(/C=C3\C(=O)N(CC(=O)O)C(=O)c4ccccc43)cs2)c1. The summed E-state index contributed by atoms with van der Waals surface area (Å²) in [7, 11) is 1.59. The largest absolute Gasteiger partial charge is 0.497 e. The molecule has 1 aliphatic heterocycles. The second kappa shape index (κ2) is 7.92. The van der Waals surface area contributed by atoms with Gasteiger partial charge in [0.2, 0.25) is 0 Å². The number of aromatic nitrogens is 1. The van der Waals surface area contributed by atoms with Gasteiger partial charge in [0.15, 0.2) is 0 Å². The molecule has 0 spiro atoms. The van der Waals surface area contributed by atoms with Gasteiger partial charge in [-0.25, -0.2) is 4.98 Å². The summed E-state index contributed by atoms with van der Waals surface area (Å²) in [5.41, 5.74) is 2.40. The van der Waals surface area contributed by atoms with E-state index >= 15 is 0 Å². The molecule has 0 saturated heterocycles. The zero-order valence-electron chi connectivity index (χ0n) is 15.9. The van der Waals surface area contributed by atoms with Crippen molar-refractivity contribution >= 4 is 40.8 Å². The fraction of sp³-hybridized carbons (Fsp3) is 0.0909. The highest BCUT2D eigenvalue weighted by atomic mass is 32.1. The number of ether oxygens (including phenoxy) is 1. The highest BCUT2D eigenvalue weighted by Gasteiger charge is 2.35. The zero-order valence-corrected chi connectivity index (χ0v) is 16.7. The van der Waals surface area contributed by atoms with Crippen LogP contribution in [0.5, 0.6) is 5.75 Å². The van der Waals surface area contributed by atoms with Crippen LogP contribution >= 0.6 is 11.3 Å². The molecular weight excluding hydrogens is 404 g/mol. The van der Waals surface area contributed by atoms with Gasteiger partial charge in [0, 0.05) is 22.1 Å². The van der Waals surface area contributed by atoms with E-state index in [0.29, 0.717) is 17.0 Å². The molecule has 30 heavy (non-hydrogen) atoms. The number of imide groups is 1. The van der Waals surface area contributed by atoms with Crippen molar-refractivity contribution in [1.29, 1.82) is 0 Å². The van der Waals surface area contributed by atoms with Crippen molar-refractivity contribution in [3.05, 3.63) is 70.7 Å². The third-order valence-corrected chi connectivity index (χ3v) is 5.50. The second-order valence-electron chi connectivity index (χ2n) is 6.50. The molecule has 2 aromatic carbocycles. The average Bonchev–Trinajstić information content (AvgIpc) is 3.23. The van der Waals surface area contributed by atoms with Crippen LogP contribution < -0.4 is 4.74 Å². The molecule has 7 nitrogen and oxygen atoms in total. The molecule has 0 unspecified atom stereocenters. The van der Waals surface area contributed by atoms with E-state index in [0.717, 1.165) is 15.5 Å². The lowest BCUT2D eigenvalue weighted by Crippen LogP contribution is -2.44. The van der Waals surface area contributed by atoms with Crippen molar-refractivity contribution in [3.63, 3.8) is 0 Å². The van der Waals surface area contributed by atoms with E-state index < -0.39 is 24.3 Å². The van der Waals surface area contributed by atoms with E-state index in [4.69, 9.17) is 9.84 Å². The number of rotatable bonds is 5. The number of carbonyl (C=O) groups is 3. The number of amides is 2. The average molecular weight is 420 g/mol. The number of aliphatic carboxylic acids is 1. The molecule has 0 atom stereocenters. The standard InChI is InChI=1S/C22H16N2O5S/c1-29-15-6-4-5-13(9-15)20-23-14(12-30-20)10-18-16-7-2-3-8-17(16)21(27)24(22(18)28)11-19(25)26/h2-10,12H,11H2,1H3,(H,25,26)/b18-10-. The summed E-state index contributed by atoms with van der Waals surface area (Å²) in [5.74, 6) is -1.83. The third-order valence-electron chi connectivity index (χ3n) is 4.59. The predicted molar refractivity (Wildman–Crippen MR) is 112 cm³/mol. The minimum Gasteiger partial charge on any atom is -0.497 e. The van der Waals surface area contributed by atoms with Gasteiger partial charge >= 0.3 is 5.97 Å². The number of thiazole rings is 1. The van der Waals surface area contributed by atoms with Gasteiger partial charge in [0.1, 0.15) is 17.3 Å². The lowest BCUT2D eigenvalue weighted by Gasteiger charge is -2.27. The number of nitrogens with zero attached hydrogens (tertiary/aromatic N) is 2. The second-order valence-corrected chi connectivity index (χ2v) is 7.36. The summed E-state index contributed by atoms with van der Waals surface area (Å²) in [6.45, 7) is -0.699. The molecule has 2 heterocycles. The summed E-state index contributed by atoms with van der Waals surface area (Å²) in [4.78, 5) is 42.0. The van der Waals surface area contributed by atoms with Crippen LogP contribution in [0.3, 0.4) is 0 Å². The summed E-state index contributed by atoms with van der Waals surface area (Å²) < 4.78 is 5.25. The van der Waals surface area contributed by atoms with Crippen molar-refractivity contribution in [2.45, 2.75) is 0 Å². The van der Waals surface area contributed by atoms with Crippen molar-refractivity contribution < 1.29 is 24.2 Å². The molecule has 1 aliphatic rings. The molecule has 0 bridgehead atoms. The molecule has 0 fully saturated rings. The number of methoxy groups -OCH3 is 1. The number of hydrogen-bond donors (Lipinski definition) is 1. The number of carboxylic acid groups (broad SMARTS) is 1. The van der Waals surface area contributed by atoms with Gasteiger partial charge in [-0.05, 0) is 24.3 Å². The van der Waals surface area contributed by atoms with Crippen LogP contribution in [0, 0.1) is 0 Å². The van der Waals surface area contributed by atoms with Crippen molar-refractivity contribution in [2.24, 2.45) is 0 Å². The quantitative estimate of drug-likeness (QED) is 0.502. The van der Waals surface area contributed by atoms with Gasteiger partial charge in [0.25, 0.3) is 11.8 Å². The van der Waals surface area contributed by atoms with Gasteiger partial charge in [-0.15, -0.1) is 11.3 Å². The Morgan fingerprint density at radius 3 is 2.63 bits per heavy atom. The Morgan fingerprint density at radius 2 is 1.90 bits per heavy atom. The van der Waals surface area contributed by atoms with Crippen LogP contribution in [-0.2, 0) is 9.59 Å². The Morgan fingerprint density at radius 1 is 1.13 bits per heavy atom. The van der Waals surface area contributed by atoms with Gasteiger partial charge < -0.3 is 9.84 Å². The monoisotopic (exact) mass is 420 g/mol. The summed E-state index contributed by atoms with van der Waals surface area (Å²) in [6, 6.07) is 14.1. The molecule has 150 valence electrons. The number of carboxylic acids is 1. The Hall–Kier alpha value is -3.78. The molecule has 3 aromatic rings. The summed E-state index contributed by atoms with van der Waals surface area (Å²) in [5, 5.41) is 11.7. The van der Waals surface area contributed by atoms with Crippen LogP contribution in [0.1, 0.15) is 21.6 Å². The number of fused-ring (bicyclic) bond motifs is 1. The highest BCUT2D eigenvalue weighted by Crippen LogP contribution is 2.32. The minimum absolute atomic E-state index is 0.231. The van der Waals surface area contributed by atoms with E-state index in [9.17, 15) is 14.4 Å². The summed E-state index contributed by atoms with van der Waals surface area (Å²) in [6.07, 6.45) is 1.59. The maximum atomic E-state index is 12.9. The van der Waals surface area contributed by atoms with Crippen LogP contribution in [0.25, 0.3) is 22.2 Å². The van der Waals surface area contributed by atoms with Gasteiger partial charge in [-0.2, -0.15) is 0 Å². The van der Waals surface area contributed by atoms with E-state index in [2.05, 4.69) is 4.98 Å². The highest BCUT2D eigenvalue weighted by molar-refractivity contribution is 7.13. The van der Waals surface area contributed by atoms with Crippen LogP contribution in [0.15, 0.2) is 53.9 Å². The molecule has 0 aliphatic carbocycles. The molecule has 2 amide bonds. The smallest absolute Gasteiger partial charge is 0.323 e. The molecule has 0 radical (unpaired) electrons. The van der Waals surface area contributed by atoms with E-state index in [1.54, 1.807) is 42.8 Å². The molecule has 1 aromatic heterocycles. The topological polar surface area (TPSA) is 96.8 Å². The fourth-order valence-corrected chi connectivity index (χ4v) is 3.98. The Bertz CT molecular complexity index is 1200. The lowest BCUT2D eigenvalue weighted by molar-refractivity contribution is -0.141. The predicted octanol–water partition coefficient (Wildman–Crippen LogP) is 3.43. The summed E-state index contributed by atoms with van der Waals surface area (Å²) >= 11 is 1.41. The van der Waals surface area contributed by atoms with Crippen LogP contribution in [0.2, 0.25) is 0 Å². The van der Waals surface area contributed by atoms with Crippen LogP contribution in [0.4, 0.5) is 0 Å². The number of hydrogen-bond acceptors (Lipinski definition) is 6. The van der Waals surface area contributed by atoms with Gasteiger partial charge in [-0.3, -0.25) is 19.3 Å². The first-order valence-electron chi connectivity index (χ1n) is 8.97. The Kier molecular flexibility index (Phi) is 5.16. The Balaban J connectivity index is 1.76. The normalized spacial score (nSPS) is 14.7. The van der Waals surface area contributed by atoms with Crippen molar-refractivity contribution in [2.75, 3.05) is 13.7 Å². The first-order valence-corrected chi connectivity index (χ1v) is 9.85. The van der Waals surface area contributed by atoms with Gasteiger partial charge in [-0.1, -0.05) is 30.3 Å². The molecular formula is C22H16N2O5S. The number of carbonyl (C=O) groups excluding carboxylic acids is 2. The Labute approximate surface area is 175 Å². The van der Waals surface area contributed by atoms with Crippen molar-refractivity contribution in [1.82, 2.24) is 9.88 Å². The maximum Gasteiger partial charge on any atom is 0.323 e. The minimum atomic E-state index is -1.26. The zero-order chi connectivity index (χ0) is 21.3. The van der Waals surface area contributed by atoms with Crippen molar-refractivity contribution in [3.8, 4) is 16.3 Å². The number of benzene rings is 2. The molecule has 0 saturated carbocycles. The van der Waals surface area contributed by atoms with E-state index in [1.165, 1.54) is 11.3 Å². The fourth-order valence-electron chi connectivity index (χ4n) is 3.21. The van der Waals surface area contributed by atoms with E-state index in [-0.39, 0.29) is 11.1 Å². The third kappa shape index (κ3) is 3.60. The van der Waals surface area contributed by atoms with E-state index in [1.807, 2.05) is 24.3 Å². The molecule has 4 rings (SSSR count).